The van der Waals surface area contributed by atoms with Gasteiger partial charge in [0.25, 0.3) is 21.8 Å². The van der Waals surface area contributed by atoms with E-state index in [2.05, 4.69) is 5.32 Å². The first-order valence-corrected chi connectivity index (χ1v) is 9.44. The van der Waals surface area contributed by atoms with E-state index in [4.69, 9.17) is 5.11 Å². The van der Waals surface area contributed by atoms with Gasteiger partial charge in [-0.2, -0.15) is 0 Å². The van der Waals surface area contributed by atoms with Gasteiger partial charge in [-0.05, 0) is 38.0 Å². The number of carboxylic acid groups (broad SMARTS) is 1. The van der Waals surface area contributed by atoms with Crippen molar-refractivity contribution in [2.75, 3.05) is 13.1 Å². The molecule has 1 aliphatic rings. The lowest BCUT2D eigenvalue weighted by atomic mass is 10.1. The van der Waals surface area contributed by atoms with Gasteiger partial charge in [0.15, 0.2) is 0 Å². The van der Waals surface area contributed by atoms with Crippen LogP contribution in [0, 0.1) is 0 Å². The summed E-state index contributed by atoms with van der Waals surface area (Å²) in [7, 11) is -3.89. The lowest BCUT2D eigenvalue weighted by molar-refractivity contribution is -0.137. The minimum absolute atomic E-state index is 0.0354. The molecule has 2 N–H and O–H groups in total. The predicted molar refractivity (Wildman–Crippen MR) is 88.8 cm³/mol. The molecule has 0 saturated carbocycles. The number of carbonyl (C=O) groups excluding carboxylic acids is 2. The van der Waals surface area contributed by atoms with Crippen LogP contribution in [0.5, 0.6) is 0 Å². The molecule has 0 radical (unpaired) electrons. The molecule has 0 saturated heterocycles. The van der Waals surface area contributed by atoms with E-state index in [1.165, 1.54) is 18.2 Å². The molecule has 0 spiro atoms. The number of benzene rings is 1. The fourth-order valence-electron chi connectivity index (χ4n) is 2.61. The van der Waals surface area contributed by atoms with Crippen molar-refractivity contribution in [2.24, 2.45) is 0 Å². The van der Waals surface area contributed by atoms with Crippen molar-refractivity contribution in [3.8, 4) is 0 Å². The number of amides is 2. The molecule has 1 aromatic carbocycles. The van der Waals surface area contributed by atoms with Crippen LogP contribution in [0.4, 0.5) is 0 Å². The second-order valence-electron chi connectivity index (χ2n) is 5.65. The summed E-state index contributed by atoms with van der Waals surface area (Å²) in [6.45, 7) is 1.97. The number of nitrogens with zero attached hydrogens (tertiary/aromatic N) is 1. The molecule has 1 aliphatic heterocycles. The molecule has 8 nitrogen and oxygen atoms in total. The van der Waals surface area contributed by atoms with Gasteiger partial charge in [-0.25, -0.2) is 12.7 Å². The number of carboxylic acids is 1. The molecule has 0 bridgehead atoms. The normalized spacial score (nSPS) is 15.1. The number of rotatable bonds is 8. The van der Waals surface area contributed by atoms with Crippen LogP contribution in [0.15, 0.2) is 23.1 Å². The fraction of sp³-hybridized carbons (Fsp3) is 0.438. The summed E-state index contributed by atoms with van der Waals surface area (Å²) in [5.41, 5.74) is 0.241. The molecule has 2 rings (SSSR count). The van der Waals surface area contributed by atoms with Gasteiger partial charge in [-0.3, -0.25) is 14.4 Å². The zero-order chi connectivity index (χ0) is 18.6. The first-order valence-electron chi connectivity index (χ1n) is 8.00. The first kappa shape index (κ1) is 18.9. The molecular weight excluding hydrogens is 348 g/mol. The first-order chi connectivity index (χ1) is 11.8. The monoisotopic (exact) mass is 368 g/mol. The van der Waals surface area contributed by atoms with Crippen LogP contribution in [-0.4, -0.2) is 48.7 Å². The Bertz CT molecular complexity index is 803. The molecule has 0 atom stereocenters. The Morgan fingerprint density at radius 2 is 1.92 bits per heavy atom. The molecular formula is C16H20N2O6S. The van der Waals surface area contributed by atoms with Crippen LogP contribution >= 0.6 is 0 Å². The Labute approximate surface area is 145 Å². The fourth-order valence-corrected chi connectivity index (χ4v) is 4.21. The van der Waals surface area contributed by atoms with Gasteiger partial charge in [-0.15, -0.1) is 0 Å². The van der Waals surface area contributed by atoms with Gasteiger partial charge in [0, 0.05) is 25.1 Å². The molecule has 0 fully saturated rings. The number of hydrogen-bond donors (Lipinski definition) is 2. The van der Waals surface area contributed by atoms with Gasteiger partial charge in [0.1, 0.15) is 4.90 Å². The molecule has 2 amide bonds. The Morgan fingerprint density at radius 3 is 2.56 bits per heavy atom. The number of fused-ring (bicyclic) bond motifs is 1. The number of hydrogen-bond acceptors (Lipinski definition) is 5. The molecule has 1 heterocycles. The highest BCUT2D eigenvalue weighted by molar-refractivity contribution is 7.90. The number of nitrogens with one attached hydrogen (secondary N) is 1. The van der Waals surface area contributed by atoms with Crippen molar-refractivity contribution < 1.29 is 27.9 Å². The second kappa shape index (κ2) is 7.64. The highest BCUT2D eigenvalue weighted by Crippen LogP contribution is 2.30. The summed E-state index contributed by atoms with van der Waals surface area (Å²) in [5.74, 6) is -1.86. The standard InChI is InChI=1S/C16H20N2O6S/c1-2-18-16(22)12-8-7-11(10-13(12)25(18,23)24)15(21)17-9-5-3-4-6-14(19)20/h7-8,10H,2-6,9H2,1H3,(H,17,21)(H,19,20). The number of carbonyl (C=O) groups is 3. The van der Waals surface area contributed by atoms with E-state index in [9.17, 15) is 22.8 Å². The third-order valence-corrected chi connectivity index (χ3v) is 5.81. The minimum atomic E-state index is -3.89. The van der Waals surface area contributed by atoms with Crippen LogP contribution in [0.25, 0.3) is 0 Å². The minimum Gasteiger partial charge on any atom is -0.481 e. The zero-order valence-electron chi connectivity index (χ0n) is 13.8. The third kappa shape index (κ3) is 3.98. The van der Waals surface area contributed by atoms with Crippen LogP contribution in [-0.2, 0) is 14.8 Å². The highest BCUT2D eigenvalue weighted by Gasteiger charge is 2.40. The van der Waals surface area contributed by atoms with Crippen molar-refractivity contribution in [3.05, 3.63) is 29.3 Å². The maximum Gasteiger partial charge on any atom is 0.303 e. The zero-order valence-corrected chi connectivity index (χ0v) is 14.6. The quantitative estimate of drug-likeness (QED) is 0.666. The summed E-state index contributed by atoms with van der Waals surface area (Å²) in [4.78, 5) is 34.4. The summed E-state index contributed by atoms with van der Waals surface area (Å²) in [6.07, 6.45) is 1.94. The molecule has 0 unspecified atom stereocenters. The van der Waals surface area contributed by atoms with Gasteiger partial charge in [0.05, 0.1) is 5.56 Å². The third-order valence-electron chi connectivity index (χ3n) is 3.91. The van der Waals surface area contributed by atoms with Gasteiger partial charge in [0.2, 0.25) is 0 Å². The second-order valence-corrected chi connectivity index (χ2v) is 7.48. The lowest BCUT2D eigenvalue weighted by Crippen LogP contribution is -2.29. The van der Waals surface area contributed by atoms with Gasteiger partial charge < -0.3 is 10.4 Å². The van der Waals surface area contributed by atoms with Gasteiger partial charge in [-0.1, -0.05) is 6.42 Å². The highest BCUT2D eigenvalue weighted by atomic mass is 32.2. The van der Waals surface area contributed by atoms with Crippen molar-refractivity contribution in [1.82, 2.24) is 9.62 Å². The molecule has 0 aromatic heterocycles. The van der Waals surface area contributed by atoms with E-state index in [1.807, 2.05) is 0 Å². The van der Waals surface area contributed by atoms with Gasteiger partial charge >= 0.3 is 5.97 Å². The summed E-state index contributed by atoms with van der Waals surface area (Å²) >= 11 is 0. The van der Waals surface area contributed by atoms with Crippen molar-refractivity contribution in [2.45, 2.75) is 37.5 Å². The average molecular weight is 368 g/mol. The molecule has 0 aliphatic carbocycles. The smallest absolute Gasteiger partial charge is 0.303 e. The van der Waals surface area contributed by atoms with Crippen LogP contribution in [0.3, 0.4) is 0 Å². The summed E-state index contributed by atoms with van der Waals surface area (Å²) < 4.78 is 25.4. The molecule has 136 valence electrons. The number of unbranched alkanes of at least 4 members (excludes halogenated alkanes) is 2. The molecule has 1 aromatic rings. The molecule has 25 heavy (non-hydrogen) atoms. The van der Waals surface area contributed by atoms with E-state index < -0.39 is 27.8 Å². The predicted octanol–water partition coefficient (Wildman–Crippen LogP) is 1.23. The topological polar surface area (TPSA) is 121 Å². The van der Waals surface area contributed by atoms with Crippen molar-refractivity contribution in [1.29, 1.82) is 0 Å². The summed E-state index contributed by atoms with van der Waals surface area (Å²) in [6, 6.07) is 4.00. The SMILES string of the molecule is CCN1C(=O)c2ccc(C(=O)NCCCCCC(=O)O)cc2S1(=O)=O. The molecule has 9 heteroatoms. The van der Waals surface area contributed by atoms with E-state index >= 15 is 0 Å². The van der Waals surface area contributed by atoms with E-state index in [1.54, 1.807) is 6.92 Å². The van der Waals surface area contributed by atoms with Crippen LogP contribution < -0.4 is 5.32 Å². The van der Waals surface area contributed by atoms with Crippen molar-refractivity contribution in [3.63, 3.8) is 0 Å². The number of aliphatic carboxylic acids is 1. The van der Waals surface area contributed by atoms with Crippen molar-refractivity contribution >= 4 is 27.8 Å². The number of sulfonamides is 1. The Balaban J connectivity index is 2.00. The van der Waals surface area contributed by atoms with E-state index in [0.717, 1.165) is 4.31 Å². The van der Waals surface area contributed by atoms with Crippen LogP contribution in [0.2, 0.25) is 0 Å². The largest absolute Gasteiger partial charge is 0.481 e. The maximum atomic E-state index is 12.3. The Kier molecular flexibility index (Phi) is 5.78. The van der Waals surface area contributed by atoms with E-state index in [-0.39, 0.29) is 29.0 Å². The Morgan fingerprint density at radius 1 is 1.20 bits per heavy atom. The van der Waals surface area contributed by atoms with Crippen LogP contribution in [0.1, 0.15) is 53.3 Å². The summed E-state index contributed by atoms with van der Waals surface area (Å²) in [5, 5.41) is 11.2. The average Bonchev–Trinajstić information content (AvgIpc) is 2.76. The lowest BCUT2D eigenvalue weighted by Gasteiger charge is -2.11. The maximum absolute atomic E-state index is 12.3. The Hall–Kier alpha value is -2.42. The van der Waals surface area contributed by atoms with E-state index in [0.29, 0.717) is 25.8 Å².